The van der Waals surface area contributed by atoms with Gasteiger partial charge in [-0.05, 0) is 55.5 Å². The van der Waals surface area contributed by atoms with Crippen molar-refractivity contribution in [2.45, 2.75) is 37.1 Å². The van der Waals surface area contributed by atoms with Crippen molar-refractivity contribution in [1.82, 2.24) is 16.0 Å². The third-order valence-corrected chi connectivity index (χ3v) is 6.08. The quantitative estimate of drug-likeness (QED) is 0.279. The molecule has 1 fully saturated rings. The van der Waals surface area contributed by atoms with Crippen molar-refractivity contribution in [2.75, 3.05) is 20.7 Å². The molecule has 1 amide bonds. The first-order valence-electron chi connectivity index (χ1n) is 10.6. The van der Waals surface area contributed by atoms with E-state index in [-0.39, 0.29) is 23.2 Å². The lowest BCUT2D eigenvalue weighted by atomic mass is 9.68. The number of carbonyl (C=O) groups is 1. The number of guanidine groups is 1. The summed E-state index contributed by atoms with van der Waals surface area (Å²) in [4.78, 5) is 16.9. The number of ether oxygens (including phenoxy) is 1. The number of methoxy groups -OCH3 is 1. The van der Waals surface area contributed by atoms with Crippen LogP contribution in [0.1, 0.15) is 41.6 Å². The molecule has 3 rings (SSSR count). The smallest absolute Gasteiger partial charge is 0.255 e. The van der Waals surface area contributed by atoms with Crippen molar-refractivity contribution in [3.8, 4) is 11.9 Å². The topological polar surface area (TPSA) is 98.5 Å². The maximum absolute atomic E-state index is 13.6. The molecule has 1 aliphatic carbocycles. The Bertz CT molecular complexity index is 992. The maximum Gasteiger partial charge on any atom is 0.255 e. The molecule has 1 aliphatic rings. The molecule has 0 radical (unpaired) electrons. The fourth-order valence-electron chi connectivity index (χ4n) is 4.27. The van der Waals surface area contributed by atoms with Crippen LogP contribution in [0.25, 0.3) is 0 Å². The molecule has 0 bridgehead atoms. The Morgan fingerprint density at radius 3 is 2.53 bits per heavy atom. The maximum atomic E-state index is 13.6. The Hall–Kier alpha value is -3.60. The average molecular weight is 438 g/mol. The SMILES string of the molecule is CN=C(NC#N)NC1CCC(CNC(=O)c2ccccc2OC)(c2ccc(F)cc2)CC1. The van der Waals surface area contributed by atoms with Crippen LogP contribution in [0.4, 0.5) is 4.39 Å². The summed E-state index contributed by atoms with van der Waals surface area (Å²) in [7, 11) is 3.15. The minimum atomic E-state index is -0.324. The van der Waals surface area contributed by atoms with Gasteiger partial charge in [0.15, 0.2) is 6.19 Å². The molecule has 32 heavy (non-hydrogen) atoms. The van der Waals surface area contributed by atoms with E-state index in [4.69, 9.17) is 10.00 Å². The van der Waals surface area contributed by atoms with Crippen molar-refractivity contribution < 1.29 is 13.9 Å². The lowest BCUT2D eigenvalue weighted by Crippen LogP contribution is -2.49. The molecule has 0 unspecified atom stereocenters. The summed E-state index contributed by atoms with van der Waals surface area (Å²) in [5, 5.41) is 17.7. The molecule has 7 nitrogen and oxygen atoms in total. The van der Waals surface area contributed by atoms with Gasteiger partial charge in [0.1, 0.15) is 11.6 Å². The summed E-state index contributed by atoms with van der Waals surface area (Å²) in [6.45, 7) is 0.424. The van der Waals surface area contributed by atoms with E-state index in [1.54, 1.807) is 37.4 Å². The summed E-state index contributed by atoms with van der Waals surface area (Å²) in [6.07, 6.45) is 5.07. The molecule has 0 saturated heterocycles. The van der Waals surface area contributed by atoms with Gasteiger partial charge in [0.2, 0.25) is 5.96 Å². The molecule has 0 aromatic heterocycles. The summed E-state index contributed by atoms with van der Waals surface area (Å²) in [5.41, 5.74) is 1.15. The van der Waals surface area contributed by atoms with Crippen LogP contribution in [0.2, 0.25) is 0 Å². The molecule has 0 heterocycles. The van der Waals surface area contributed by atoms with Crippen LogP contribution in [0.3, 0.4) is 0 Å². The number of halogens is 1. The molecular weight excluding hydrogens is 409 g/mol. The third-order valence-electron chi connectivity index (χ3n) is 6.08. The largest absolute Gasteiger partial charge is 0.496 e. The van der Waals surface area contributed by atoms with Gasteiger partial charge >= 0.3 is 0 Å². The number of carbonyl (C=O) groups excluding carboxylic acids is 1. The molecule has 3 N–H and O–H groups in total. The molecule has 2 aromatic rings. The van der Waals surface area contributed by atoms with Crippen LogP contribution in [-0.4, -0.2) is 38.6 Å². The van der Waals surface area contributed by atoms with Gasteiger partial charge in [-0.2, -0.15) is 5.26 Å². The summed E-state index contributed by atoms with van der Waals surface area (Å²) in [6, 6.07) is 13.8. The molecule has 8 heteroatoms. The van der Waals surface area contributed by atoms with Gasteiger partial charge in [-0.15, -0.1) is 0 Å². The highest BCUT2D eigenvalue weighted by atomic mass is 19.1. The predicted molar refractivity (Wildman–Crippen MR) is 121 cm³/mol. The highest BCUT2D eigenvalue weighted by Crippen LogP contribution is 2.39. The van der Waals surface area contributed by atoms with Gasteiger partial charge in [0.05, 0.1) is 12.7 Å². The zero-order valence-electron chi connectivity index (χ0n) is 18.3. The van der Waals surface area contributed by atoms with Crippen LogP contribution in [-0.2, 0) is 5.41 Å². The monoisotopic (exact) mass is 437 g/mol. The number of rotatable bonds is 6. The van der Waals surface area contributed by atoms with Crippen LogP contribution in [0, 0.1) is 17.3 Å². The standard InChI is InChI=1S/C24H28FN5O2/c1-27-23(29-16-26)30-19-11-13-24(14-12-19,17-7-9-18(25)10-8-17)15-28-22(31)20-5-3-4-6-21(20)32-2/h3-10,19H,11-15H2,1-2H3,(H,28,31)(H2,27,29,30). The van der Waals surface area contributed by atoms with Crippen LogP contribution < -0.4 is 20.7 Å². The van der Waals surface area contributed by atoms with Gasteiger partial charge in [0.25, 0.3) is 5.91 Å². The van der Waals surface area contributed by atoms with Gasteiger partial charge in [0, 0.05) is 25.0 Å². The first kappa shape index (κ1) is 23.1. The number of nitrogens with one attached hydrogen (secondary N) is 3. The van der Waals surface area contributed by atoms with E-state index in [0.717, 1.165) is 31.2 Å². The highest BCUT2D eigenvalue weighted by molar-refractivity contribution is 5.97. The van der Waals surface area contributed by atoms with Gasteiger partial charge in [-0.1, -0.05) is 24.3 Å². The number of para-hydroxylation sites is 1. The fourth-order valence-corrected chi connectivity index (χ4v) is 4.27. The second kappa shape index (κ2) is 10.6. The number of nitriles is 1. The van der Waals surface area contributed by atoms with Crippen molar-refractivity contribution in [1.29, 1.82) is 5.26 Å². The van der Waals surface area contributed by atoms with Gasteiger partial charge in [-0.3, -0.25) is 15.1 Å². The lowest BCUT2D eigenvalue weighted by Gasteiger charge is -2.41. The zero-order valence-corrected chi connectivity index (χ0v) is 18.3. The lowest BCUT2D eigenvalue weighted by molar-refractivity contribution is 0.0932. The Morgan fingerprint density at radius 2 is 1.91 bits per heavy atom. The average Bonchev–Trinajstić information content (AvgIpc) is 2.83. The second-order valence-electron chi connectivity index (χ2n) is 7.90. The Kier molecular flexibility index (Phi) is 7.66. The normalized spacial score (nSPS) is 20.7. The van der Waals surface area contributed by atoms with Crippen LogP contribution in [0.5, 0.6) is 5.75 Å². The molecule has 0 spiro atoms. The fraction of sp³-hybridized carbons (Fsp3) is 0.375. The molecule has 0 aliphatic heterocycles. The van der Waals surface area contributed by atoms with Crippen molar-refractivity contribution in [3.63, 3.8) is 0 Å². The zero-order chi connectivity index (χ0) is 23.0. The first-order chi connectivity index (χ1) is 15.5. The second-order valence-corrected chi connectivity index (χ2v) is 7.90. The van der Waals surface area contributed by atoms with E-state index in [9.17, 15) is 9.18 Å². The van der Waals surface area contributed by atoms with Gasteiger partial charge < -0.3 is 15.4 Å². The number of nitrogens with zero attached hydrogens (tertiary/aromatic N) is 2. The van der Waals surface area contributed by atoms with Crippen LogP contribution >= 0.6 is 0 Å². The number of benzene rings is 2. The van der Waals surface area contributed by atoms with E-state index in [0.29, 0.717) is 23.8 Å². The number of amides is 1. The van der Waals surface area contributed by atoms with E-state index in [1.165, 1.54) is 19.2 Å². The first-order valence-corrected chi connectivity index (χ1v) is 10.6. The minimum Gasteiger partial charge on any atom is -0.496 e. The van der Waals surface area contributed by atoms with E-state index < -0.39 is 0 Å². The predicted octanol–water partition coefficient (Wildman–Crippen LogP) is 3.09. The molecular formula is C24H28FN5O2. The Morgan fingerprint density at radius 1 is 1.22 bits per heavy atom. The Balaban J connectivity index is 1.76. The number of hydrogen-bond donors (Lipinski definition) is 3. The van der Waals surface area contributed by atoms with E-state index in [2.05, 4.69) is 20.9 Å². The van der Waals surface area contributed by atoms with Crippen molar-refractivity contribution in [2.24, 2.45) is 4.99 Å². The van der Waals surface area contributed by atoms with E-state index >= 15 is 0 Å². The summed E-state index contributed by atoms with van der Waals surface area (Å²) >= 11 is 0. The molecule has 1 saturated carbocycles. The van der Waals surface area contributed by atoms with Crippen LogP contribution in [0.15, 0.2) is 53.5 Å². The third kappa shape index (κ3) is 5.35. The highest BCUT2D eigenvalue weighted by Gasteiger charge is 2.37. The van der Waals surface area contributed by atoms with Crippen molar-refractivity contribution >= 4 is 11.9 Å². The number of aliphatic imine (C=N–C) groups is 1. The molecule has 2 aromatic carbocycles. The number of hydrogen-bond acceptors (Lipinski definition) is 4. The summed E-state index contributed by atoms with van der Waals surface area (Å²) < 4.78 is 18.9. The summed E-state index contributed by atoms with van der Waals surface area (Å²) in [5.74, 6) is 0.466. The Labute approximate surface area is 187 Å². The minimum absolute atomic E-state index is 0.146. The molecule has 0 atom stereocenters. The van der Waals surface area contributed by atoms with E-state index in [1.807, 2.05) is 12.3 Å². The van der Waals surface area contributed by atoms with Gasteiger partial charge in [-0.25, -0.2) is 4.39 Å². The molecule has 168 valence electrons. The van der Waals surface area contributed by atoms with Crippen molar-refractivity contribution in [3.05, 3.63) is 65.5 Å².